The number of carbonyl (C=O) groups excluding carboxylic acids is 2. The van der Waals surface area contributed by atoms with Crippen molar-refractivity contribution in [3.63, 3.8) is 0 Å². The normalized spacial score (nSPS) is 15.4. The minimum atomic E-state index is -1.33. The SMILES string of the molecule is NC(N)=NCCCCCC1=NOC(CC(=O)NC[C@H](NC(=O)OCc2ccccc2)C(=O)O)C1. The van der Waals surface area contributed by atoms with Crippen molar-refractivity contribution in [2.75, 3.05) is 13.1 Å². The van der Waals surface area contributed by atoms with Crippen LogP contribution >= 0.6 is 0 Å². The van der Waals surface area contributed by atoms with Gasteiger partial charge in [0.25, 0.3) is 0 Å². The van der Waals surface area contributed by atoms with E-state index >= 15 is 0 Å². The molecule has 1 heterocycles. The molecule has 1 unspecified atom stereocenters. The number of rotatable bonds is 14. The quantitative estimate of drug-likeness (QED) is 0.148. The second-order valence-electron chi connectivity index (χ2n) is 7.81. The Hall–Kier alpha value is -3.83. The molecule has 2 amide bonds. The molecular formula is C22H32N6O6. The molecule has 1 aliphatic heterocycles. The topological polar surface area (TPSA) is 191 Å². The van der Waals surface area contributed by atoms with Gasteiger partial charge in [-0.3, -0.25) is 9.79 Å². The predicted molar refractivity (Wildman–Crippen MR) is 125 cm³/mol. The number of guanidine groups is 1. The molecule has 2 rings (SSSR count). The number of oxime groups is 1. The van der Waals surface area contributed by atoms with Gasteiger partial charge in [0, 0.05) is 19.5 Å². The highest BCUT2D eigenvalue weighted by molar-refractivity contribution is 5.87. The van der Waals surface area contributed by atoms with Crippen LogP contribution in [0.5, 0.6) is 0 Å². The Bertz CT molecular complexity index is 872. The maximum Gasteiger partial charge on any atom is 0.408 e. The highest BCUT2D eigenvalue weighted by Gasteiger charge is 2.25. The van der Waals surface area contributed by atoms with Gasteiger partial charge in [-0.15, -0.1) is 0 Å². The van der Waals surface area contributed by atoms with E-state index in [1.807, 2.05) is 6.07 Å². The van der Waals surface area contributed by atoms with Crippen molar-refractivity contribution < 1.29 is 29.1 Å². The van der Waals surface area contributed by atoms with E-state index in [2.05, 4.69) is 20.8 Å². The number of unbranched alkanes of at least 4 members (excludes halogenated alkanes) is 2. The fourth-order valence-electron chi connectivity index (χ4n) is 3.17. The van der Waals surface area contributed by atoms with Crippen molar-refractivity contribution >= 4 is 29.6 Å². The molecule has 1 aromatic carbocycles. The lowest BCUT2D eigenvalue weighted by Crippen LogP contribution is -2.48. The zero-order valence-corrected chi connectivity index (χ0v) is 18.9. The van der Waals surface area contributed by atoms with Crippen LogP contribution in [0, 0.1) is 0 Å². The summed E-state index contributed by atoms with van der Waals surface area (Å²) in [6.45, 7) is 0.304. The van der Waals surface area contributed by atoms with E-state index in [-0.39, 0.29) is 25.5 Å². The van der Waals surface area contributed by atoms with E-state index in [9.17, 15) is 19.5 Å². The fourth-order valence-corrected chi connectivity index (χ4v) is 3.17. The zero-order chi connectivity index (χ0) is 24.8. The molecule has 0 fully saturated rings. The molecule has 12 heteroatoms. The van der Waals surface area contributed by atoms with Crippen molar-refractivity contribution in [2.45, 2.75) is 57.3 Å². The number of carboxylic acids is 1. The maximum absolute atomic E-state index is 12.2. The molecule has 1 aromatic rings. The molecule has 0 spiro atoms. The third kappa shape index (κ3) is 10.7. The van der Waals surface area contributed by atoms with Gasteiger partial charge in [-0.1, -0.05) is 41.9 Å². The van der Waals surface area contributed by atoms with E-state index in [0.717, 1.165) is 37.0 Å². The second-order valence-corrected chi connectivity index (χ2v) is 7.81. The molecule has 2 atom stereocenters. The molecule has 1 aliphatic rings. The van der Waals surface area contributed by atoms with Gasteiger partial charge in [0.05, 0.1) is 12.1 Å². The van der Waals surface area contributed by atoms with Crippen LogP contribution in [0.25, 0.3) is 0 Å². The predicted octanol–water partition coefficient (Wildman–Crippen LogP) is 0.851. The molecule has 0 saturated heterocycles. The van der Waals surface area contributed by atoms with Gasteiger partial charge >= 0.3 is 12.1 Å². The van der Waals surface area contributed by atoms with Crippen LogP contribution in [0.15, 0.2) is 40.5 Å². The van der Waals surface area contributed by atoms with Gasteiger partial charge < -0.3 is 36.8 Å². The Kier molecular flexibility index (Phi) is 11.1. The third-order valence-corrected chi connectivity index (χ3v) is 4.93. The molecule has 0 saturated carbocycles. The molecule has 7 N–H and O–H groups in total. The first-order chi connectivity index (χ1) is 16.3. The number of benzene rings is 1. The van der Waals surface area contributed by atoms with Crippen LogP contribution in [0.1, 0.15) is 44.1 Å². The van der Waals surface area contributed by atoms with E-state index < -0.39 is 30.1 Å². The van der Waals surface area contributed by atoms with Crippen LogP contribution in [0.2, 0.25) is 0 Å². The Morgan fingerprint density at radius 1 is 1.21 bits per heavy atom. The lowest BCUT2D eigenvalue weighted by Gasteiger charge is -2.16. The molecule has 0 aromatic heterocycles. The molecule has 0 bridgehead atoms. The van der Waals surface area contributed by atoms with Gasteiger partial charge in [-0.2, -0.15) is 0 Å². The number of ether oxygens (including phenoxy) is 1. The number of nitrogens with one attached hydrogen (secondary N) is 2. The number of hydrogen-bond donors (Lipinski definition) is 5. The van der Waals surface area contributed by atoms with E-state index in [1.54, 1.807) is 24.3 Å². The number of aliphatic imine (C=N–C) groups is 1. The number of hydrogen-bond acceptors (Lipinski definition) is 7. The summed E-state index contributed by atoms with van der Waals surface area (Å²) in [5, 5.41) is 18.1. The number of nitrogens with two attached hydrogens (primary N) is 2. The van der Waals surface area contributed by atoms with E-state index in [4.69, 9.17) is 21.0 Å². The summed E-state index contributed by atoms with van der Waals surface area (Å²) in [4.78, 5) is 44.8. The van der Waals surface area contributed by atoms with Gasteiger partial charge in [0.2, 0.25) is 5.91 Å². The summed E-state index contributed by atoms with van der Waals surface area (Å²) in [5.41, 5.74) is 12.2. The summed E-state index contributed by atoms with van der Waals surface area (Å²) in [5.74, 6) is -1.60. The van der Waals surface area contributed by atoms with Crippen LogP contribution in [-0.4, -0.2) is 60.0 Å². The Morgan fingerprint density at radius 3 is 2.68 bits per heavy atom. The first-order valence-corrected chi connectivity index (χ1v) is 11.1. The first kappa shape index (κ1) is 26.4. The summed E-state index contributed by atoms with van der Waals surface area (Å²) in [6, 6.07) is 7.64. The Morgan fingerprint density at radius 2 is 1.97 bits per heavy atom. The van der Waals surface area contributed by atoms with Gasteiger partial charge in [0.15, 0.2) is 5.96 Å². The number of aliphatic carboxylic acids is 1. The monoisotopic (exact) mass is 476 g/mol. The van der Waals surface area contributed by atoms with E-state index in [1.165, 1.54) is 0 Å². The van der Waals surface area contributed by atoms with E-state index in [0.29, 0.717) is 13.0 Å². The van der Waals surface area contributed by atoms with Gasteiger partial charge in [-0.25, -0.2) is 9.59 Å². The second kappa shape index (κ2) is 14.3. The van der Waals surface area contributed by atoms with Gasteiger partial charge in [-0.05, 0) is 24.8 Å². The van der Waals surface area contributed by atoms with Crippen molar-refractivity contribution in [1.29, 1.82) is 0 Å². The molecule has 0 aliphatic carbocycles. The van der Waals surface area contributed by atoms with Crippen molar-refractivity contribution in [3.05, 3.63) is 35.9 Å². The summed E-state index contributed by atoms with van der Waals surface area (Å²) < 4.78 is 5.02. The van der Waals surface area contributed by atoms with Crippen LogP contribution in [-0.2, 0) is 25.8 Å². The van der Waals surface area contributed by atoms with Crippen molar-refractivity contribution in [3.8, 4) is 0 Å². The minimum absolute atomic E-state index is 0.00297. The summed E-state index contributed by atoms with van der Waals surface area (Å²) >= 11 is 0. The number of carboxylic acid groups (broad SMARTS) is 1. The molecule has 186 valence electrons. The largest absolute Gasteiger partial charge is 0.480 e. The summed E-state index contributed by atoms with van der Waals surface area (Å²) in [6.07, 6.45) is 2.76. The van der Waals surface area contributed by atoms with Crippen LogP contribution in [0.3, 0.4) is 0 Å². The fraction of sp³-hybridized carbons (Fsp3) is 0.500. The number of amides is 2. The molecule has 12 nitrogen and oxygen atoms in total. The third-order valence-electron chi connectivity index (χ3n) is 4.93. The van der Waals surface area contributed by atoms with Crippen molar-refractivity contribution in [1.82, 2.24) is 10.6 Å². The minimum Gasteiger partial charge on any atom is -0.480 e. The Labute approximate surface area is 197 Å². The standard InChI is InChI=1S/C22H32N6O6/c23-21(24)25-10-6-2-5-9-16-11-17(34-28-16)12-19(29)26-13-18(20(30)31)27-22(32)33-14-15-7-3-1-4-8-15/h1,3-4,7-8,17-18H,2,5-6,9-14H2,(H,26,29)(H,27,32)(H,30,31)(H4,23,24,25)/t17?,18-/m0/s1. The highest BCUT2D eigenvalue weighted by atomic mass is 16.6. The average molecular weight is 477 g/mol. The zero-order valence-electron chi connectivity index (χ0n) is 18.9. The van der Waals surface area contributed by atoms with Crippen LogP contribution in [0.4, 0.5) is 4.79 Å². The summed E-state index contributed by atoms with van der Waals surface area (Å²) in [7, 11) is 0. The number of nitrogens with zero attached hydrogens (tertiary/aromatic N) is 2. The smallest absolute Gasteiger partial charge is 0.408 e. The van der Waals surface area contributed by atoms with Gasteiger partial charge in [0.1, 0.15) is 18.8 Å². The maximum atomic E-state index is 12.2. The Balaban J connectivity index is 1.62. The molecular weight excluding hydrogens is 444 g/mol. The lowest BCUT2D eigenvalue weighted by atomic mass is 10.0. The highest BCUT2D eigenvalue weighted by Crippen LogP contribution is 2.17. The lowest BCUT2D eigenvalue weighted by molar-refractivity contribution is -0.139. The van der Waals surface area contributed by atoms with Crippen LogP contribution < -0.4 is 22.1 Å². The van der Waals surface area contributed by atoms with Crippen molar-refractivity contribution in [2.24, 2.45) is 21.6 Å². The number of alkyl carbamates (subject to hydrolysis) is 1. The molecule has 0 radical (unpaired) electrons. The molecule has 34 heavy (non-hydrogen) atoms. The average Bonchev–Trinajstić information content (AvgIpc) is 3.24. The first-order valence-electron chi connectivity index (χ1n) is 11.1. The number of carbonyl (C=O) groups is 3.